The van der Waals surface area contributed by atoms with Crippen molar-refractivity contribution in [3.05, 3.63) is 53.6 Å². The highest BCUT2D eigenvalue weighted by atomic mass is 16.3. The standard InChI is InChI=1S/C13H12N4O2/c1-9-3-4-10(11(18)7-9)8-16-17-13(19)12-14-5-2-6-15-12/h2-8,18H,1H3,(H,17,19)/b16-8+. The molecule has 2 rings (SSSR count). The highest BCUT2D eigenvalue weighted by Gasteiger charge is 2.05. The lowest BCUT2D eigenvalue weighted by molar-refractivity contribution is 0.0944. The van der Waals surface area contributed by atoms with Crippen molar-refractivity contribution in [3.63, 3.8) is 0 Å². The molecule has 0 aliphatic heterocycles. The van der Waals surface area contributed by atoms with E-state index in [4.69, 9.17) is 0 Å². The number of aromatic nitrogens is 2. The van der Waals surface area contributed by atoms with Crippen molar-refractivity contribution in [1.29, 1.82) is 0 Å². The van der Waals surface area contributed by atoms with Crippen molar-refractivity contribution in [3.8, 4) is 5.75 Å². The van der Waals surface area contributed by atoms with E-state index in [1.165, 1.54) is 18.6 Å². The van der Waals surface area contributed by atoms with Crippen molar-refractivity contribution in [2.45, 2.75) is 6.92 Å². The Morgan fingerprint density at radius 2 is 2.11 bits per heavy atom. The van der Waals surface area contributed by atoms with Gasteiger partial charge in [-0.2, -0.15) is 5.10 Å². The molecule has 0 spiro atoms. The summed E-state index contributed by atoms with van der Waals surface area (Å²) in [5.41, 5.74) is 3.74. The van der Waals surface area contributed by atoms with Gasteiger partial charge >= 0.3 is 5.91 Å². The Balaban J connectivity index is 2.02. The number of hydrogen-bond acceptors (Lipinski definition) is 5. The number of aromatic hydroxyl groups is 1. The average Bonchev–Trinajstić information content (AvgIpc) is 2.42. The third-order valence-electron chi connectivity index (χ3n) is 2.32. The summed E-state index contributed by atoms with van der Waals surface area (Å²) < 4.78 is 0. The number of hydrazone groups is 1. The Morgan fingerprint density at radius 3 is 2.79 bits per heavy atom. The molecule has 0 saturated heterocycles. The monoisotopic (exact) mass is 256 g/mol. The van der Waals surface area contributed by atoms with Crippen LogP contribution < -0.4 is 5.43 Å². The molecule has 6 nitrogen and oxygen atoms in total. The van der Waals surface area contributed by atoms with E-state index in [1.807, 2.05) is 13.0 Å². The molecule has 0 aliphatic carbocycles. The van der Waals surface area contributed by atoms with Gasteiger partial charge < -0.3 is 5.11 Å². The fraction of sp³-hybridized carbons (Fsp3) is 0.0769. The molecule has 0 unspecified atom stereocenters. The average molecular weight is 256 g/mol. The van der Waals surface area contributed by atoms with Crippen molar-refractivity contribution in [2.24, 2.45) is 5.10 Å². The van der Waals surface area contributed by atoms with E-state index in [-0.39, 0.29) is 11.6 Å². The number of nitrogens with one attached hydrogen (secondary N) is 1. The molecule has 0 fully saturated rings. The second kappa shape index (κ2) is 5.72. The van der Waals surface area contributed by atoms with Gasteiger partial charge in [-0.1, -0.05) is 6.07 Å². The molecule has 2 N–H and O–H groups in total. The predicted molar refractivity (Wildman–Crippen MR) is 69.9 cm³/mol. The van der Waals surface area contributed by atoms with Crippen LogP contribution in [0.25, 0.3) is 0 Å². The van der Waals surface area contributed by atoms with Crippen LogP contribution in [-0.2, 0) is 0 Å². The molecule has 2 aromatic rings. The number of aryl methyl sites for hydroxylation is 1. The molecule has 0 bridgehead atoms. The van der Waals surface area contributed by atoms with Crippen LogP contribution in [0.2, 0.25) is 0 Å². The minimum Gasteiger partial charge on any atom is -0.507 e. The topological polar surface area (TPSA) is 87.5 Å². The Morgan fingerprint density at radius 1 is 1.37 bits per heavy atom. The zero-order valence-corrected chi connectivity index (χ0v) is 10.2. The van der Waals surface area contributed by atoms with Crippen LogP contribution in [0.4, 0.5) is 0 Å². The second-order valence-corrected chi connectivity index (χ2v) is 3.83. The molecule has 1 aromatic heterocycles. The van der Waals surface area contributed by atoms with Gasteiger partial charge in [-0.25, -0.2) is 15.4 Å². The summed E-state index contributed by atoms with van der Waals surface area (Å²) in [6.07, 6.45) is 4.30. The molecule has 0 saturated carbocycles. The first kappa shape index (κ1) is 12.7. The van der Waals surface area contributed by atoms with Crippen LogP contribution in [0, 0.1) is 6.92 Å². The summed E-state index contributed by atoms with van der Waals surface area (Å²) in [5, 5.41) is 13.4. The third-order valence-corrected chi connectivity index (χ3v) is 2.32. The summed E-state index contributed by atoms with van der Waals surface area (Å²) in [7, 11) is 0. The largest absolute Gasteiger partial charge is 0.507 e. The second-order valence-electron chi connectivity index (χ2n) is 3.83. The zero-order valence-electron chi connectivity index (χ0n) is 10.2. The van der Waals surface area contributed by atoms with Crippen molar-refractivity contribution in [1.82, 2.24) is 15.4 Å². The number of amides is 1. The minimum atomic E-state index is -0.511. The first-order chi connectivity index (χ1) is 9.16. The molecule has 96 valence electrons. The number of carbonyl (C=O) groups excluding carboxylic acids is 1. The van der Waals surface area contributed by atoms with Crippen LogP contribution in [-0.4, -0.2) is 27.2 Å². The Labute approximate surface area is 109 Å². The van der Waals surface area contributed by atoms with Gasteiger partial charge in [0.1, 0.15) is 5.75 Å². The molecular weight excluding hydrogens is 244 g/mol. The van der Waals surface area contributed by atoms with Crippen molar-refractivity contribution >= 4 is 12.1 Å². The molecule has 1 amide bonds. The van der Waals surface area contributed by atoms with Gasteiger partial charge in [0.25, 0.3) is 0 Å². The quantitative estimate of drug-likeness (QED) is 0.639. The SMILES string of the molecule is Cc1ccc(/C=N/NC(=O)c2ncccn2)c(O)c1. The first-order valence-corrected chi connectivity index (χ1v) is 5.57. The summed E-state index contributed by atoms with van der Waals surface area (Å²) in [5.74, 6) is -0.370. The van der Waals surface area contributed by atoms with Crippen LogP contribution in [0.1, 0.15) is 21.7 Å². The van der Waals surface area contributed by atoms with Crippen LogP contribution in [0.5, 0.6) is 5.75 Å². The summed E-state index contributed by atoms with van der Waals surface area (Å²) in [6.45, 7) is 1.87. The normalized spacial score (nSPS) is 10.6. The lowest BCUT2D eigenvalue weighted by atomic mass is 10.1. The van der Waals surface area contributed by atoms with E-state index < -0.39 is 5.91 Å². The number of nitrogens with zero attached hydrogens (tertiary/aromatic N) is 3. The lowest BCUT2D eigenvalue weighted by Crippen LogP contribution is -2.20. The molecule has 0 aliphatic rings. The molecule has 0 atom stereocenters. The number of hydrogen-bond donors (Lipinski definition) is 2. The Kier molecular flexibility index (Phi) is 3.82. The Hall–Kier alpha value is -2.76. The number of carbonyl (C=O) groups is 1. The van der Waals surface area contributed by atoms with E-state index in [0.717, 1.165) is 5.56 Å². The molecule has 1 aromatic carbocycles. The molecule has 19 heavy (non-hydrogen) atoms. The maximum atomic E-state index is 11.6. The predicted octanol–water partition coefficient (Wildman–Crippen LogP) is 1.25. The fourth-order valence-electron chi connectivity index (χ4n) is 1.39. The van der Waals surface area contributed by atoms with E-state index in [2.05, 4.69) is 20.5 Å². The summed E-state index contributed by atoms with van der Waals surface area (Å²) in [4.78, 5) is 19.1. The van der Waals surface area contributed by atoms with Crippen molar-refractivity contribution in [2.75, 3.05) is 0 Å². The number of phenolic OH excluding ortho intramolecular Hbond substituents is 1. The zero-order chi connectivity index (χ0) is 13.7. The minimum absolute atomic E-state index is 0.0350. The molecule has 1 heterocycles. The Bertz CT molecular complexity index is 611. The van der Waals surface area contributed by atoms with Gasteiger partial charge in [0.15, 0.2) is 0 Å². The smallest absolute Gasteiger partial charge is 0.309 e. The van der Waals surface area contributed by atoms with E-state index >= 15 is 0 Å². The summed E-state index contributed by atoms with van der Waals surface area (Å²) >= 11 is 0. The molecular formula is C13H12N4O2. The number of phenols is 1. The first-order valence-electron chi connectivity index (χ1n) is 5.57. The molecule has 6 heteroatoms. The highest BCUT2D eigenvalue weighted by molar-refractivity contribution is 5.91. The molecule has 0 radical (unpaired) electrons. The van der Waals surface area contributed by atoms with E-state index in [0.29, 0.717) is 5.56 Å². The van der Waals surface area contributed by atoms with Crippen LogP contribution in [0.3, 0.4) is 0 Å². The van der Waals surface area contributed by atoms with Gasteiger partial charge in [-0.05, 0) is 30.7 Å². The number of benzene rings is 1. The number of rotatable bonds is 3. The third kappa shape index (κ3) is 3.35. The van der Waals surface area contributed by atoms with Gasteiger partial charge in [-0.15, -0.1) is 0 Å². The lowest BCUT2D eigenvalue weighted by Gasteiger charge is -2.00. The maximum absolute atomic E-state index is 11.6. The van der Waals surface area contributed by atoms with Gasteiger partial charge in [0, 0.05) is 18.0 Å². The van der Waals surface area contributed by atoms with Gasteiger partial charge in [0.05, 0.1) is 6.21 Å². The van der Waals surface area contributed by atoms with Crippen molar-refractivity contribution < 1.29 is 9.90 Å². The van der Waals surface area contributed by atoms with Crippen LogP contribution >= 0.6 is 0 Å². The fourth-order valence-corrected chi connectivity index (χ4v) is 1.39. The van der Waals surface area contributed by atoms with Crippen LogP contribution in [0.15, 0.2) is 41.8 Å². The van der Waals surface area contributed by atoms with E-state index in [1.54, 1.807) is 18.2 Å². The van der Waals surface area contributed by atoms with Gasteiger partial charge in [-0.3, -0.25) is 4.79 Å². The van der Waals surface area contributed by atoms with E-state index in [9.17, 15) is 9.90 Å². The highest BCUT2D eigenvalue weighted by Crippen LogP contribution is 2.15. The summed E-state index contributed by atoms with van der Waals surface area (Å²) in [6, 6.07) is 6.77. The maximum Gasteiger partial charge on any atom is 0.309 e. The van der Waals surface area contributed by atoms with Gasteiger partial charge in [0.2, 0.25) is 5.82 Å².